The number of fused-ring (bicyclic) bond motifs is 1. The van der Waals surface area contributed by atoms with Gasteiger partial charge in [0.1, 0.15) is 16.8 Å². The first-order chi connectivity index (χ1) is 13.9. The fraction of sp³-hybridized carbons (Fsp3) is 0.190. The summed E-state index contributed by atoms with van der Waals surface area (Å²) in [5.41, 5.74) is 4.51. The highest BCUT2D eigenvalue weighted by Crippen LogP contribution is 2.32. The molecule has 3 aromatic heterocycles. The first kappa shape index (κ1) is 18.8. The van der Waals surface area contributed by atoms with Gasteiger partial charge >= 0.3 is 0 Å². The number of nitrogens with zero attached hydrogens (tertiary/aromatic N) is 3. The van der Waals surface area contributed by atoms with Crippen LogP contribution in [0.3, 0.4) is 0 Å². The molecule has 0 aliphatic carbocycles. The number of amides is 1. The Morgan fingerprint density at radius 3 is 2.79 bits per heavy atom. The Kier molecular flexibility index (Phi) is 4.60. The number of nitriles is 1. The first-order valence-electron chi connectivity index (χ1n) is 8.96. The van der Waals surface area contributed by atoms with Crippen molar-refractivity contribution in [1.82, 2.24) is 14.5 Å². The maximum absolute atomic E-state index is 12.8. The number of hydrogen-bond donors (Lipinski definition) is 2. The molecule has 1 aromatic carbocycles. The molecule has 0 unspecified atom stereocenters. The number of anilines is 1. The van der Waals surface area contributed by atoms with Crippen LogP contribution in [-0.2, 0) is 0 Å². The number of methoxy groups -OCH3 is 1. The van der Waals surface area contributed by atoms with Crippen LogP contribution in [0.15, 0.2) is 30.3 Å². The Hall–Kier alpha value is -3.57. The fourth-order valence-electron chi connectivity index (χ4n) is 3.35. The van der Waals surface area contributed by atoms with Crippen molar-refractivity contribution < 1.29 is 9.53 Å². The van der Waals surface area contributed by atoms with E-state index in [1.54, 1.807) is 36.6 Å². The lowest BCUT2D eigenvalue weighted by Gasteiger charge is -2.08. The SMILES string of the molecule is COc1ccc2nc(C(=O)Nc3cc(C)n(-c4sc(C)cc4C#N)c3C)[nH]c2c1. The third-order valence-corrected chi connectivity index (χ3v) is 5.78. The molecular formula is C21H19N5O2S. The van der Waals surface area contributed by atoms with Crippen LogP contribution in [0.1, 0.15) is 32.4 Å². The molecule has 29 heavy (non-hydrogen) atoms. The molecule has 3 heterocycles. The third kappa shape index (κ3) is 3.26. The highest BCUT2D eigenvalue weighted by Gasteiger charge is 2.19. The molecule has 0 aliphatic heterocycles. The van der Waals surface area contributed by atoms with Crippen LogP contribution < -0.4 is 10.1 Å². The zero-order valence-electron chi connectivity index (χ0n) is 16.5. The van der Waals surface area contributed by atoms with Crippen molar-refractivity contribution in [3.63, 3.8) is 0 Å². The van der Waals surface area contributed by atoms with E-state index in [1.807, 2.05) is 37.5 Å². The van der Waals surface area contributed by atoms with Gasteiger partial charge in [0.05, 0.1) is 29.4 Å². The minimum Gasteiger partial charge on any atom is -0.497 e. The van der Waals surface area contributed by atoms with Gasteiger partial charge in [0, 0.05) is 22.3 Å². The second-order valence-electron chi connectivity index (χ2n) is 6.73. The van der Waals surface area contributed by atoms with Crippen LogP contribution in [0.2, 0.25) is 0 Å². The fourth-order valence-corrected chi connectivity index (χ4v) is 4.42. The Bertz CT molecular complexity index is 1290. The van der Waals surface area contributed by atoms with Gasteiger partial charge in [-0.3, -0.25) is 4.79 Å². The molecule has 2 N–H and O–H groups in total. The van der Waals surface area contributed by atoms with E-state index in [-0.39, 0.29) is 11.7 Å². The van der Waals surface area contributed by atoms with Crippen molar-refractivity contribution in [3.05, 3.63) is 58.0 Å². The van der Waals surface area contributed by atoms with E-state index in [9.17, 15) is 10.1 Å². The van der Waals surface area contributed by atoms with E-state index < -0.39 is 0 Å². The molecule has 0 spiro atoms. The molecule has 0 saturated heterocycles. The Labute approximate surface area is 171 Å². The maximum Gasteiger partial charge on any atom is 0.291 e. The van der Waals surface area contributed by atoms with Crippen LogP contribution in [0.5, 0.6) is 5.75 Å². The summed E-state index contributed by atoms with van der Waals surface area (Å²) in [5, 5.41) is 13.2. The van der Waals surface area contributed by atoms with Crippen LogP contribution in [0.4, 0.5) is 5.69 Å². The summed E-state index contributed by atoms with van der Waals surface area (Å²) in [5.74, 6) is 0.585. The van der Waals surface area contributed by atoms with Gasteiger partial charge in [-0.2, -0.15) is 5.26 Å². The van der Waals surface area contributed by atoms with Crippen LogP contribution >= 0.6 is 11.3 Å². The topological polar surface area (TPSA) is 95.7 Å². The largest absolute Gasteiger partial charge is 0.497 e. The predicted molar refractivity (Wildman–Crippen MR) is 113 cm³/mol. The maximum atomic E-state index is 12.8. The number of imidazole rings is 1. The lowest BCUT2D eigenvalue weighted by atomic mass is 10.3. The number of aromatic amines is 1. The normalized spacial score (nSPS) is 10.9. The molecular weight excluding hydrogens is 386 g/mol. The number of carbonyl (C=O) groups excluding carboxylic acids is 1. The number of thiophene rings is 1. The van der Waals surface area contributed by atoms with Crippen molar-refractivity contribution in [2.45, 2.75) is 20.8 Å². The van der Waals surface area contributed by atoms with Gasteiger partial charge in [0.25, 0.3) is 5.91 Å². The van der Waals surface area contributed by atoms with Crippen LogP contribution in [0, 0.1) is 32.1 Å². The van der Waals surface area contributed by atoms with Gasteiger partial charge < -0.3 is 19.6 Å². The van der Waals surface area contributed by atoms with Gasteiger partial charge in [-0.05, 0) is 45.0 Å². The number of carbonyl (C=O) groups is 1. The van der Waals surface area contributed by atoms with E-state index in [0.717, 1.165) is 26.8 Å². The number of H-pyrrole nitrogens is 1. The quantitative estimate of drug-likeness (QED) is 0.523. The summed E-state index contributed by atoms with van der Waals surface area (Å²) in [7, 11) is 1.59. The predicted octanol–water partition coefficient (Wildman–Crippen LogP) is 4.47. The van der Waals surface area contributed by atoms with E-state index in [4.69, 9.17) is 4.74 Å². The summed E-state index contributed by atoms with van der Waals surface area (Å²) >= 11 is 1.55. The molecule has 0 bridgehead atoms. The summed E-state index contributed by atoms with van der Waals surface area (Å²) in [4.78, 5) is 21.2. The number of hydrogen-bond acceptors (Lipinski definition) is 5. The standard InChI is InChI=1S/C21H19N5O2S/c1-11-7-17(13(3)26(11)21-14(10-22)8-12(2)29-21)25-20(27)19-23-16-6-5-15(28-4)9-18(16)24-19/h5-9H,1-4H3,(H,23,24)(H,25,27). The molecule has 0 aliphatic rings. The number of aryl methyl sites for hydroxylation is 2. The van der Waals surface area contributed by atoms with Gasteiger partial charge in [-0.1, -0.05) is 0 Å². The molecule has 4 aromatic rings. The lowest BCUT2D eigenvalue weighted by molar-refractivity contribution is 0.101. The molecule has 1 amide bonds. The van der Waals surface area contributed by atoms with Crippen molar-refractivity contribution >= 4 is 34.0 Å². The van der Waals surface area contributed by atoms with Gasteiger partial charge in [0.15, 0.2) is 5.82 Å². The van der Waals surface area contributed by atoms with E-state index in [2.05, 4.69) is 21.4 Å². The summed E-state index contributed by atoms with van der Waals surface area (Å²) in [6.45, 7) is 5.84. The van der Waals surface area contributed by atoms with Crippen molar-refractivity contribution in [2.24, 2.45) is 0 Å². The molecule has 4 rings (SSSR count). The molecule has 0 radical (unpaired) electrons. The minimum atomic E-state index is -0.330. The molecule has 7 nitrogen and oxygen atoms in total. The number of ether oxygens (including phenoxy) is 1. The third-order valence-electron chi connectivity index (χ3n) is 4.74. The Morgan fingerprint density at radius 1 is 1.28 bits per heavy atom. The van der Waals surface area contributed by atoms with E-state index >= 15 is 0 Å². The number of nitrogens with one attached hydrogen (secondary N) is 2. The van der Waals surface area contributed by atoms with Gasteiger partial charge in [-0.15, -0.1) is 11.3 Å². The molecule has 0 atom stereocenters. The molecule has 0 fully saturated rings. The molecule has 0 saturated carbocycles. The first-order valence-corrected chi connectivity index (χ1v) is 9.78. The monoisotopic (exact) mass is 405 g/mol. The van der Waals surface area contributed by atoms with Gasteiger partial charge in [-0.25, -0.2) is 4.98 Å². The zero-order valence-corrected chi connectivity index (χ0v) is 17.3. The second-order valence-corrected chi connectivity index (χ2v) is 7.97. The molecule has 8 heteroatoms. The van der Waals surface area contributed by atoms with Crippen LogP contribution in [-0.4, -0.2) is 27.6 Å². The van der Waals surface area contributed by atoms with Crippen molar-refractivity contribution in [3.8, 4) is 16.8 Å². The zero-order chi connectivity index (χ0) is 20.7. The Morgan fingerprint density at radius 2 is 2.07 bits per heavy atom. The average molecular weight is 405 g/mol. The summed E-state index contributed by atoms with van der Waals surface area (Å²) < 4.78 is 7.20. The van der Waals surface area contributed by atoms with Crippen LogP contribution in [0.25, 0.3) is 16.0 Å². The smallest absolute Gasteiger partial charge is 0.291 e. The van der Waals surface area contributed by atoms with E-state index in [0.29, 0.717) is 22.5 Å². The lowest BCUT2D eigenvalue weighted by Crippen LogP contribution is -2.14. The van der Waals surface area contributed by atoms with Crippen molar-refractivity contribution in [2.75, 3.05) is 12.4 Å². The average Bonchev–Trinajstić information content (AvgIpc) is 3.36. The van der Waals surface area contributed by atoms with Crippen molar-refractivity contribution in [1.29, 1.82) is 5.26 Å². The minimum absolute atomic E-state index is 0.225. The van der Waals surface area contributed by atoms with E-state index in [1.165, 1.54) is 0 Å². The number of benzene rings is 1. The summed E-state index contributed by atoms with van der Waals surface area (Å²) in [6.07, 6.45) is 0. The number of aromatic nitrogens is 3. The van der Waals surface area contributed by atoms with Gasteiger partial charge in [0.2, 0.25) is 0 Å². The highest BCUT2D eigenvalue weighted by atomic mass is 32.1. The summed E-state index contributed by atoms with van der Waals surface area (Å²) in [6, 6.07) is 11.4. The highest BCUT2D eigenvalue weighted by molar-refractivity contribution is 7.14. The second kappa shape index (κ2) is 7.11. The number of rotatable bonds is 4. The molecule has 146 valence electrons. The Balaban J connectivity index is 1.67.